The second-order valence-corrected chi connectivity index (χ2v) is 11.8. The molecule has 8 nitrogen and oxygen atoms in total. The van der Waals surface area contributed by atoms with Crippen LogP contribution in [0.3, 0.4) is 0 Å². The Kier molecular flexibility index (Phi) is 11.1. The fourth-order valence-electron chi connectivity index (χ4n) is 4.09. The highest BCUT2D eigenvalue weighted by molar-refractivity contribution is 8.00. The maximum atomic E-state index is 13.5. The van der Waals surface area contributed by atoms with Crippen molar-refractivity contribution in [1.29, 1.82) is 0 Å². The van der Waals surface area contributed by atoms with E-state index in [1.165, 1.54) is 18.9 Å². The van der Waals surface area contributed by atoms with Crippen LogP contribution >= 0.6 is 23.4 Å². The molecule has 226 valence electrons. The predicted octanol–water partition coefficient (Wildman–Crippen LogP) is 6.94. The van der Waals surface area contributed by atoms with Gasteiger partial charge in [-0.25, -0.2) is 0 Å². The van der Waals surface area contributed by atoms with Crippen molar-refractivity contribution in [3.8, 4) is 5.75 Å². The van der Waals surface area contributed by atoms with Crippen LogP contribution in [-0.4, -0.2) is 44.2 Å². The van der Waals surface area contributed by atoms with Gasteiger partial charge in [0.2, 0.25) is 5.91 Å². The number of hydrogen-bond donors (Lipinski definition) is 3. The summed E-state index contributed by atoms with van der Waals surface area (Å²) in [5.74, 6) is -0.634. The van der Waals surface area contributed by atoms with Gasteiger partial charge in [-0.1, -0.05) is 48.0 Å². The van der Waals surface area contributed by atoms with E-state index in [9.17, 15) is 14.4 Å². The van der Waals surface area contributed by atoms with Crippen LogP contribution in [0.5, 0.6) is 5.75 Å². The van der Waals surface area contributed by atoms with Gasteiger partial charge in [0.15, 0.2) is 0 Å². The Morgan fingerprint density at radius 3 is 2.30 bits per heavy atom. The largest absolute Gasteiger partial charge is 0.495 e. The number of nitrogens with one attached hydrogen (secondary N) is 3. The molecule has 0 saturated carbocycles. The number of benzene rings is 4. The lowest BCUT2D eigenvalue weighted by atomic mass is 10.1. The first-order valence-electron chi connectivity index (χ1n) is 13.7. The van der Waals surface area contributed by atoms with Gasteiger partial charge in [0.05, 0.1) is 18.0 Å². The Morgan fingerprint density at radius 2 is 1.61 bits per heavy atom. The quantitative estimate of drug-likeness (QED) is 0.123. The Labute approximate surface area is 266 Å². The highest BCUT2D eigenvalue weighted by Gasteiger charge is 2.18. The average Bonchev–Trinajstić information content (AvgIpc) is 3.01. The van der Waals surface area contributed by atoms with Crippen molar-refractivity contribution in [3.63, 3.8) is 0 Å². The van der Waals surface area contributed by atoms with E-state index < -0.39 is 17.1 Å². The van der Waals surface area contributed by atoms with Gasteiger partial charge in [0.25, 0.3) is 11.8 Å². The normalized spacial score (nSPS) is 11.7. The van der Waals surface area contributed by atoms with E-state index in [0.29, 0.717) is 27.7 Å². The van der Waals surface area contributed by atoms with Gasteiger partial charge in [-0.05, 0) is 79.2 Å². The minimum atomic E-state index is -0.494. The van der Waals surface area contributed by atoms with Crippen molar-refractivity contribution in [2.24, 2.45) is 0 Å². The Bertz CT molecular complexity index is 1660. The molecule has 0 bridgehead atoms. The molecule has 4 aromatic rings. The molecule has 4 aromatic carbocycles. The molecule has 1 unspecified atom stereocenters. The highest BCUT2D eigenvalue weighted by atomic mass is 35.5. The summed E-state index contributed by atoms with van der Waals surface area (Å²) in [7, 11) is 5.41. The van der Waals surface area contributed by atoms with Crippen molar-refractivity contribution in [2.45, 2.75) is 17.1 Å². The number of ether oxygens (including phenoxy) is 1. The number of thioether (sulfide) groups is 1. The third-order valence-electron chi connectivity index (χ3n) is 6.44. The smallest absolute Gasteiger partial charge is 0.272 e. The Balaban J connectivity index is 1.49. The lowest BCUT2D eigenvalue weighted by Gasteiger charge is -2.15. The number of methoxy groups -OCH3 is 1. The molecule has 0 fully saturated rings. The molecule has 3 amide bonds. The van der Waals surface area contributed by atoms with E-state index >= 15 is 0 Å². The molecular weight excluding hydrogens is 596 g/mol. The summed E-state index contributed by atoms with van der Waals surface area (Å²) in [5, 5.41) is 8.50. The SMILES string of the molecule is COc1ccc(Cl)cc1NC(=O)C(C)Sc1cccc(NC(=O)/C(=C\c2ccc(N(C)C)cc2)NC(=O)c2ccccc2)c1. The zero-order chi connectivity index (χ0) is 31.6. The minimum absolute atomic E-state index is 0.0812. The molecule has 1 atom stereocenters. The zero-order valence-electron chi connectivity index (χ0n) is 24.8. The second kappa shape index (κ2) is 15.1. The van der Waals surface area contributed by atoms with E-state index in [-0.39, 0.29) is 11.6 Å². The van der Waals surface area contributed by atoms with Gasteiger partial charge < -0.3 is 25.6 Å². The number of carbonyl (C=O) groups is 3. The molecule has 0 spiro atoms. The van der Waals surface area contributed by atoms with E-state index in [0.717, 1.165) is 16.1 Å². The van der Waals surface area contributed by atoms with Crippen molar-refractivity contribution >= 4 is 64.2 Å². The molecule has 0 aromatic heterocycles. The summed E-state index contributed by atoms with van der Waals surface area (Å²) in [6.45, 7) is 1.78. The minimum Gasteiger partial charge on any atom is -0.495 e. The van der Waals surface area contributed by atoms with Crippen LogP contribution < -0.4 is 25.6 Å². The summed E-state index contributed by atoms with van der Waals surface area (Å²) >= 11 is 7.42. The summed E-state index contributed by atoms with van der Waals surface area (Å²) in [6, 6.07) is 28.5. The number of carbonyl (C=O) groups excluding carboxylic acids is 3. The summed E-state index contributed by atoms with van der Waals surface area (Å²) in [5.41, 5.74) is 3.24. The first-order valence-corrected chi connectivity index (χ1v) is 15.0. The molecule has 0 heterocycles. The van der Waals surface area contributed by atoms with Gasteiger partial charge >= 0.3 is 0 Å². The van der Waals surface area contributed by atoms with Gasteiger partial charge in [0.1, 0.15) is 11.4 Å². The molecule has 4 rings (SSSR count). The van der Waals surface area contributed by atoms with Crippen LogP contribution in [-0.2, 0) is 9.59 Å². The molecule has 0 saturated heterocycles. The highest BCUT2D eigenvalue weighted by Crippen LogP contribution is 2.30. The molecule has 0 aliphatic rings. The molecular formula is C34H33ClN4O4S. The topological polar surface area (TPSA) is 99.8 Å². The van der Waals surface area contributed by atoms with Gasteiger partial charge in [-0.15, -0.1) is 11.8 Å². The van der Waals surface area contributed by atoms with E-state index in [2.05, 4.69) is 16.0 Å². The third kappa shape index (κ3) is 8.89. The Morgan fingerprint density at radius 1 is 0.886 bits per heavy atom. The first-order chi connectivity index (χ1) is 21.1. The molecule has 44 heavy (non-hydrogen) atoms. The van der Waals surface area contributed by atoms with Crippen molar-refractivity contribution in [2.75, 3.05) is 36.7 Å². The molecule has 10 heteroatoms. The van der Waals surface area contributed by atoms with Crippen LogP contribution in [0.2, 0.25) is 5.02 Å². The summed E-state index contributed by atoms with van der Waals surface area (Å²) < 4.78 is 5.32. The number of nitrogens with zero attached hydrogens (tertiary/aromatic N) is 1. The van der Waals surface area contributed by atoms with Crippen molar-refractivity contribution in [3.05, 3.63) is 119 Å². The van der Waals surface area contributed by atoms with E-state index in [1.54, 1.807) is 73.7 Å². The van der Waals surface area contributed by atoms with Crippen molar-refractivity contribution < 1.29 is 19.1 Å². The number of anilines is 3. The van der Waals surface area contributed by atoms with E-state index in [1.807, 2.05) is 55.4 Å². The fraction of sp³-hybridized carbons (Fsp3) is 0.147. The number of hydrogen-bond acceptors (Lipinski definition) is 6. The lowest BCUT2D eigenvalue weighted by molar-refractivity contribution is -0.115. The van der Waals surface area contributed by atoms with Gasteiger partial charge in [-0.3, -0.25) is 14.4 Å². The van der Waals surface area contributed by atoms with Crippen molar-refractivity contribution in [1.82, 2.24) is 5.32 Å². The Hall–Kier alpha value is -4.73. The third-order valence-corrected chi connectivity index (χ3v) is 7.77. The van der Waals surface area contributed by atoms with Crippen LogP contribution in [0.25, 0.3) is 6.08 Å². The molecule has 0 aliphatic heterocycles. The predicted molar refractivity (Wildman–Crippen MR) is 180 cm³/mol. The fourth-order valence-corrected chi connectivity index (χ4v) is 5.19. The number of halogens is 1. The van der Waals surface area contributed by atoms with Gasteiger partial charge in [0, 0.05) is 41.0 Å². The first kappa shape index (κ1) is 32.2. The molecule has 0 radical (unpaired) electrons. The standard InChI is InChI=1S/C34H33ClN4O4S/c1-22(32(40)37-29-20-25(35)15-18-31(29)43-4)44-28-12-8-11-26(21-28)36-34(42)30(38-33(41)24-9-6-5-7-10-24)19-23-13-16-27(17-14-23)39(2)3/h5-22H,1-4H3,(H,36,42)(H,37,40)(H,38,41)/b30-19+. The van der Waals surface area contributed by atoms with Crippen LogP contribution in [0.1, 0.15) is 22.8 Å². The zero-order valence-corrected chi connectivity index (χ0v) is 26.3. The number of rotatable bonds is 11. The van der Waals surface area contributed by atoms with E-state index in [4.69, 9.17) is 16.3 Å². The number of amides is 3. The van der Waals surface area contributed by atoms with Crippen LogP contribution in [0, 0.1) is 0 Å². The average molecular weight is 629 g/mol. The van der Waals surface area contributed by atoms with Crippen LogP contribution in [0.4, 0.5) is 17.1 Å². The maximum Gasteiger partial charge on any atom is 0.272 e. The summed E-state index contributed by atoms with van der Waals surface area (Å²) in [4.78, 5) is 42.2. The molecule has 0 aliphatic carbocycles. The lowest BCUT2D eigenvalue weighted by Crippen LogP contribution is -2.30. The molecule has 3 N–H and O–H groups in total. The van der Waals surface area contributed by atoms with Gasteiger partial charge in [-0.2, -0.15) is 0 Å². The monoisotopic (exact) mass is 628 g/mol. The maximum absolute atomic E-state index is 13.5. The second-order valence-electron chi connectivity index (χ2n) is 9.94. The van der Waals surface area contributed by atoms with Crippen LogP contribution in [0.15, 0.2) is 108 Å². The summed E-state index contributed by atoms with van der Waals surface area (Å²) in [6.07, 6.45) is 1.63.